The largest absolute Gasteiger partial charge is 0.412 e. The van der Waals surface area contributed by atoms with Gasteiger partial charge in [-0.25, -0.2) is 0 Å². The first kappa shape index (κ1) is 13.9. The van der Waals surface area contributed by atoms with Crippen molar-refractivity contribution in [1.82, 2.24) is 4.98 Å². The van der Waals surface area contributed by atoms with Gasteiger partial charge in [0.25, 0.3) is 0 Å². The van der Waals surface area contributed by atoms with Gasteiger partial charge in [-0.2, -0.15) is 13.2 Å². The fourth-order valence-electron chi connectivity index (χ4n) is 2.17. The van der Waals surface area contributed by atoms with E-state index in [1.54, 1.807) is 6.20 Å². The van der Waals surface area contributed by atoms with Gasteiger partial charge in [-0.15, -0.1) is 0 Å². The van der Waals surface area contributed by atoms with Gasteiger partial charge in [-0.05, 0) is 19.4 Å². The van der Waals surface area contributed by atoms with Gasteiger partial charge < -0.3 is 10.6 Å². The van der Waals surface area contributed by atoms with Gasteiger partial charge in [0.05, 0.1) is 0 Å². The number of rotatable bonds is 2. The third-order valence-electron chi connectivity index (χ3n) is 3.23. The molecule has 0 aliphatic carbocycles. The van der Waals surface area contributed by atoms with Crippen LogP contribution in [0.4, 0.5) is 18.9 Å². The molecule has 1 aromatic heterocycles. The number of anilines is 1. The van der Waals surface area contributed by atoms with E-state index in [0.717, 1.165) is 16.9 Å². The summed E-state index contributed by atoms with van der Waals surface area (Å²) in [5.41, 5.74) is 7.77. The molecule has 0 bridgehead atoms. The van der Waals surface area contributed by atoms with Crippen molar-refractivity contribution in [3.05, 3.63) is 35.2 Å². The maximum Gasteiger partial charge on any atom is 0.412 e. The van der Waals surface area contributed by atoms with Crippen molar-refractivity contribution in [2.45, 2.75) is 26.1 Å². The van der Waals surface area contributed by atoms with Gasteiger partial charge in [0, 0.05) is 48.3 Å². The predicted molar refractivity (Wildman–Crippen MR) is 67.8 cm³/mol. The molecule has 0 fully saturated rings. The molecule has 6 heteroatoms. The van der Waals surface area contributed by atoms with Crippen LogP contribution >= 0.6 is 0 Å². The average Bonchev–Trinajstić information content (AvgIpc) is 2.38. The Labute approximate surface area is 109 Å². The molecule has 0 amide bonds. The van der Waals surface area contributed by atoms with Gasteiger partial charge in [0.1, 0.15) is 0 Å². The highest BCUT2D eigenvalue weighted by Crippen LogP contribution is 2.32. The summed E-state index contributed by atoms with van der Waals surface area (Å²) >= 11 is 0. The molecule has 104 valence electrons. The second-order valence-corrected chi connectivity index (χ2v) is 4.58. The number of aryl methyl sites for hydroxylation is 1. The topological polar surface area (TPSA) is 42.1 Å². The first-order valence-corrected chi connectivity index (χ1v) is 6.08. The molecule has 0 spiro atoms. The summed E-state index contributed by atoms with van der Waals surface area (Å²) in [6.45, 7) is 2.78. The molecular weight excluding hydrogens is 255 g/mol. The third-order valence-corrected chi connectivity index (χ3v) is 3.23. The van der Waals surface area contributed by atoms with Crippen LogP contribution in [0.25, 0.3) is 0 Å². The Morgan fingerprint density at radius 1 is 1.42 bits per heavy atom. The Balaban J connectivity index is 2.22. The second kappa shape index (κ2) is 5.21. The fourth-order valence-corrected chi connectivity index (χ4v) is 2.17. The highest BCUT2D eigenvalue weighted by molar-refractivity contribution is 5.55. The Hall–Kier alpha value is -1.56. The quantitative estimate of drug-likeness (QED) is 0.840. The van der Waals surface area contributed by atoms with Crippen LogP contribution in [-0.2, 0) is 6.54 Å². The Kier molecular flexibility index (Phi) is 3.80. The first-order valence-electron chi connectivity index (χ1n) is 6.08. The number of hydrogen-bond acceptors (Lipinski definition) is 3. The van der Waals surface area contributed by atoms with Crippen LogP contribution in [-0.4, -0.2) is 24.2 Å². The molecule has 2 N–H and O–H groups in total. The Bertz CT molecular complexity index is 494. The lowest BCUT2D eigenvalue weighted by Gasteiger charge is -2.30. The summed E-state index contributed by atoms with van der Waals surface area (Å²) in [4.78, 5) is 6.07. The van der Waals surface area contributed by atoms with Crippen molar-refractivity contribution in [1.29, 1.82) is 0 Å². The maximum absolute atomic E-state index is 12.6. The number of alkyl halides is 3. The number of nitrogens with two attached hydrogens (primary N) is 1. The Morgan fingerprint density at radius 2 is 2.16 bits per heavy atom. The lowest BCUT2D eigenvalue weighted by atomic mass is 10.1. The fraction of sp³-hybridized carbons (Fsp3) is 0.462. The zero-order valence-electron chi connectivity index (χ0n) is 10.7. The normalized spacial score (nSPS) is 16.5. The standard InChI is InChI=1S/C13H16F3N3/c1-9-6-12(10(7-17)8-18-9)19-4-2-11(3-5-19)13(14,15)16/h2,6,8H,3-5,7,17H2,1H3. The highest BCUT2D eigenvalue weighted by Gasteiger charge is 2.34. The smallest absolute Gasteiger partial charge is 0.367 e. The van der Waals surface area contributed by atoms with E-state index in [9.17, 15) is 13.2 Å². The molecule has 2 heterocycles. The van der Waals surface area contributed by atoms with Gasteiger partial charge in [-0.3, -0.25) is 4.98 Å². The molecule has 19 heavy (non-hydrogen) atoms. The van der Waals surface area contributed by atoms with Crippen molar-refractivity contribution < 1.29 is 13.2 Å². The van der Waals surface area contributed by atoms with Gasteiger partial charge in [0.2, 0.25) is 0 Å². The predicted octanol–water partition coefficient (Wildman–Crippen LogP) is 2.55. The van der Waals surface area contributed by atoms with Gasteiger partial charge >= 0.3 is 6.18 Å². The highest BCUT2D eigenvalue weighted by atomic mass is 19.4. The van der Waals surface area contributed by atoms with Crippen molar-refractivity contribution in [2.75, 3.05) is 18.0 Å². The molecule has 0 saturated heterocycles. The van der Waals surface area contributed by atoms with E-state index in [2.05, 4.69) is 4.98 Å². The number of pyridine rings is 1. The van der Waals surface area contributed by atoms with Crippen LogP contribution in [0.2, 0.25) is 0 Å². The minimum Gasteiger partial charge on any atom is -0.367 e. The number of nitrogens with zero attached hydrogens (tertiary/aromatic N) is 2. The molecule has 0 saturated carbocycles. The van der Waals surface area contributed by atoms with Crippen LogP contribution in [0.15, 0.2) is 23.9 Å². The van der Waals surface area contributed by atoms with E-state index < -0.39 is 11.7 Å². The zero-order chi connectivity index (χ0) is 14.0. The van der Waals surface area contributed by atoms with Crippen LogP contribution in [0.5, 0.6) is 0 Å². The summed E-state index contributed by atoms with van der Waals surface area (Å²) in [6, 6.07) is 1.87. The Morgan fingerprint density at radius 3 is 2.68 bits per heavy atom. The van der Waals surface area contributed by atoms with Crippen molar-refractivity contribution in [2.24, 2.45) is 5.73 Å². The van der Waals surface area contributed by atoms with E-state index in [0.29, 0.717) is 13.1 Å². The summed E-state index contributed by atoms with van der Waals surface area (Å²) < 4.78 is 37.7. The minimum absolute atomic E-state index is 0.00881. The third kappa shape index (κ3) is 3.07. The summed E-state index contributed by atoms with van der Waals surface area (Å²) in [7, 11) is 0. The SMILES string of the molecule is Cc1cc(N2CC=C(C(F)(F)F)CC2)c(CN)cn1. The molecule has 0 aromatic carbocycles. The molecule has 0 atom stereocenters. The molecule has 0 unspecified atom stereocenters. The first-order chi connectivity index (χ1) is 8.91. The molecule has 1 aliphatic rings. The van der Waals surface area contributed by atoms with Crippen molar-refractivity contribution >= 4 is 5.69 Å². The van der Waals surface area contributed by atoms with Crippen molar-refractivity contribution in [3.63, 3.8) is 0 Å². The minimum atomic E-state index is -4.21. The van der Waals surface area contributed by atoms with E-state index in [1.807, 2.05) is 17.9 Å². The van der Waals surface area contributed by atoms with Crippen LogP contribution < -0.4 is 10.6 Å². The number of aromatic nitrogens is 1. The maximum atomic E-state index is 12.6. The summed E-state index contributed by atoms with van der Waals surface area (Å²) in [5.74, 6) is 0. The molecule has 3 nitrogen and oxygen atoms in total. The van der Waals surface area contributed by atoms with Crippen LogP contribution in [0.3, 0.4) is 0 Å². The second-order valence-electron chi connectivity index (χ2n) is 4.58. The molecule has 0 radical (unpaired) electrons. The number of halogens is 3. The zero-order valence-corrected chi connectivity index (χ0v) is 10.7. The van der Waals surface area contributed by atoms with Crippen LogP contribution in [0.1, 0.15) is 17.7 Å². The van der Waals surface area contributed by atoms with E-state index in [4.69, 9.17) is 5.73 Å². The lowest BCUT2D eigenvalue weighted by molar-refractivity contribution is -0.0943. The molecule has 2 rings (SSSR count). The number of hydrogen-bond donors (Lipinski definition) is 1. The van der Waals surface area contributed by atoms with E-state index in [1.165, 1.54) is 6.08 Å². The van der Waals surface area contributed by atoms with Crippen molar-refractivity contribution in [3.8, 4) is 0 Å². The van der Waals surface area contributed by atoms with E-state index >= 15 is 0 Å². The molecule has 1 aromatic rings. The molecule has 1 aliphatic heterocycles. The van der Waals surface area contributed by atoms with Gasteiger partial charge in [0.15, 0.2) is 0 Å². The average molecular weight is 271 g/mol. The summed E-state index contributed by atoms with van der Waals surface area (Å²) in [6.07, 6.45) is -1.26. The monoisotopic (exact) mass is 271 g/mol. The lowest BCUT2D eigenvalue weighted by Crippen LogP contribution is -2.32. The van der Waals surface area contributed by atoms with Crippen LogP contribution in [0, 0.1) is 6.92 Å². The molecular formula is C13H16F3N3. The van der Waals surface area contributed by atoms with E-state index in [-0.39, 0.29) is 13.0 Å². The summed E-state index contributed by atoms with van der Waals surface area (Å²) in [5, 5.41) is 0. The van der Waals surface area contributed by atoms with Gasteiger partial charge in [-0.1, -0.05) is 6.08 Å².